The van der Waals surface area contributed by atoms with Gasteiger partial charge in [0.15, 0.2) is 11.5 Å². The number of anilines is 1. The average Bonchev–Trinajstić information content (AvgIpc) is 3.33. The zero-order valence-electron chi connectivity index (χ0n) is 21.0. The molecule has 0 aliphatic rings. The van der Waals surface area contributed by atoms with Crippen LogP contribution in [0.25, 0.3) is 22.8 Å². The molecular weight excluding hydrogens is 495 g/mol. The topological polar surface area (TPSA) is 84.2 Å². The third-order valence-electron chi connectivity index (χ3n) is 5.71. The molecule has 0 aliphatic heterocycles. The van der Waals surface area contributed by atoms with Crippen molar-refractivity contribution < 1.29 is 27.2 Å². The maximum Gasteiger partial charge on any atom is 0.416 e. The monoisotopic (exact) mass is 521 g/mol. The van der Waals surface area contributed by atoms with Gasteiger partial charge in [-0.2, -0.15) is 13.2 Å². The van der Waals surface area contributed by atoms with Crippen LogP contribution in [0.2, 0.25) is 0 Å². The Hall–Kier alpha value is -4.40. The quantitative estimate of drug-likeness (QED) is 0.288. The van der Waals surface area contributed by atoms with Crippen LogP contribution in [0.15, 0.2) is 83.3 Å². The maximum atomic E-state index is 13.4. The Morgan fingerprint density at radius 3 is 2.11 bits per heavy atom. The molecule has 0 spiro atoms. The number of amides is 2. The molecule has 4 aromatic rings. The van der Waals surface area contributed by atoms with Gasteiger partial charge in [0.1, 0.15) is 0 Å². The van der Waals surface area contributed by atoms with Gasteiger partial charge in [-0.25, -0.2) is 4.98 Å². The maximum absolute atomic E-state index is 13.4. The number of nitrogens with zero attached hydrogens (tertiary/aromatic N) is 1. The first kappa shape index (κ1) is 26.7. The fraction of sp³-hybridized carbons (Fsp3) is 0.207. The molecule has 0 fully saturated rings. The van der Waals surface area contributed by atoms with Gasteiger partial charge < -0.3 is 15.1 Å². The number of alkyl halides is 3. The molecular formula is C29H26F3N3O3. The van der Waals surface area contributed by atoms with Crippen LogP contribution in [-0.2, 0) is 17.5 Å². The molecule has 0 saturated heterocycles. The molecule has 0 aliphatic carbocycles. The number of hydrogen-bond donors (Lipinski definition) is 2. The van der Waals surface area contributed by atoms with Crippen molar-refractivity contribution in [3.8, 4) is 22.8 Å². The summed E-state index contributed by atoms with van der Waals surface area (Å²) in [7, 11) is 0. The van der Waals surface area contributed by atoms with Crippen molar-refractivity contribution in [2.45, 2.75) is 33.5 Å². The van der Waals surface area contributed by atoms with E-state index in [1.54, 1.807) is 69.3 Å². The SMILES string of the molecule is CC(C)(C)C(=O)Nc1ccc(-c2oc(-c3ccccc3)nc2C(=O)NCc2ccccc2C(F)(F)F)cc1. The van der Waals surface area contributed by atoms with Gasteiger partial charge in [-0.1, -0.05) is 57.2 Å². The van der Waals surface area contributed by atoms with Crippen LogP contribution in [0.4, 0.5) is 18.9 Å². The number of halogens is 3. The minimum atomic E-state index is -4.55. The van der Waals surface area contributed by atoms with Crippen molar-refractivity contribution >= 4 is 17.5 Å². The second-order valence-electron chi connectivity index (χ2n) is 9.68. The van der Waals surface area contributed by atoms with Gasteiger partial charge in [0.25, 0.3) is 5.91 Å². The Labute approximate surface area is 217 Å². The van der Waals surface area contributed by atoms with Crippen molar-refractivity contribution in [2.75, 3.05) is 5.32 Å². The number of oxazole rings is 1. The lowest BCUT2D eigenvalue weighted by Gasteiger charge is -2.17. The molecule has 9 heteroatoms. The summed E-state index contributed by atoms with van der Waals surface area (Å²) in [5.41, 5.74) is 0.160. The third kappa shape index (κ3) is 6.11. The van der Waals surface area contributed by atoms with Gasteiger partial charge in [-0.05, 0) is 48.0 Å². The van der Waals surface area contributed by atoms with E-state index in [1.807, 2.05) is 6.07 Å². The van der Waals surface area contributed by atoms with Crippen LogP contribution in [0.1, 0.15) is 42.4 Å². The van der Waals surface area contributed by atoms with Crippen LogP contribution in [0.5, 0.6) is 0 Å². The Balaban J connectivity index is 1.64. The summed E-state index contributed by atoms with van der Waals surface area (Å²) in [5, 5.41) is 5.37. The summed E-state index contributed by atoms with van der Waals surface area (Å²) in [6, 6.07) is 20.7. The molecule has 2 N–H and O–H groups in total. The Kier molecular flexibility index (Phi) is 7.39. The molecule has 0 atom stereocenters. The van der Waals surface area contributed by atoms with Crippen LogP contribution in [-0.4, -0.2) is 16.8 Å². The van der Waals surface area contributed by atoms with Crippen molar-refractivity contribution in [3.63, 3.8) is 0 Å². The number of carbonyl (C=O) groups excluding carboxylic acids is 2. The van der Waals surface area contributed by atoms with Gasteiger partial charge in [0.05, 0.1) is 5.56 Å². The fourth-order valence-electron chi connectivity index (χ4n) is 3.61. The van der Waals surface area contributed by atoms with Crippen LogP contribution in [0.3, 0.4) is 0 Å². The predicted octanol–water partition coefficient (Wildman–Crippen LogP) is 6.94. The highest BCUT2D eigenvalue weighted by Gasteiger charge is 2.33. The van der Waals surface area contributed by atoms with Crippen molar-refractivity contribution in [3.05, 3.63) is 95.7 Å². The van der Waals surface area contributed by atoms with E-state index >= 15 is 0 Å². The van der Waals surface area contributed by atoms with Crippen molar-refractivity contribution in [1.82, 2.24) is 10.3 Å². The first-order valence-electron chi connectivity index (χ1n) is 11.8. The molecule has 3 aromatic carbocycles. The molecule has 0 bridgehead atoms. The van der Waals surface area contributed by atoms with Crippen molar-refractivity contribution in [1.29, 1.82) is 0 Å². The summed E-state index contributed by atoms with van der Waals surface area (Å²) in [5.74, 6) is -0.505. The summed E-state index contributed by atoms with van der Waals surface area (Å²) in [6.45, 7) is 5.05. The van der Waals surface area contributed by atoms with E-state index in [-0.39, 0.29) is 35.4 Å². The lowest BCUT2D eigenvalue weighted by molar-refractivity contribution is -0.138. The van der Waals surface area contributed by atoms with Gasteiger partial charge in [0, 0.05) is 28.8 Å². The molecule has 4 rings (SSSR count). The second-order valence-corrected chi connectivity index (χ2v) is 9.68. The minimum Gasteiger partial charge on any atom is -0.435 e. The van der Waals surface area contributed by atoms with E-state index in [0.717, 1.165) is 6.07 Å². The molecule has 0 unspecified atom stereocenters. The molecule has 38 heavy (non-hydrogen) atoms. The van der Waals surface area contributed by atoms with Crippen LogP contribution in [0, 0.1) is 5.41 Å². The van der Waals surface area contributed by atoms with Crippen molar-refractivity contribution in [2.24, 2.45) is 5.41 Å². The molecule has 0 saturated carbocycles. The van der Waals surface area contributed by atoms with Gasteiger partial charge >= 0.3 is 6.18 Å². The van der Waals surface area contributed by atoms with E-state index in [4.69, 9.17) is 4.42 Å². The molecule has 196 valence electrons. The Bertz CT molecular complexity index is 1440. The highest BCUT2D eigenvalue weighted by molar-refractivity contribution is 5.99. The standard InChI is InChI=1S/C29H26F3N3O3/c1-28(2,3)27(37)34-21-15-13-18(14-16-21)24-23(35-26(38-24)19-9-5-4-6-10-19)25(36)33-17-20-11-7-8-12-22(20)29(30,31)32/h4-16H,17H2,1-3H3,(H,33,36)(H,34,37). The number of aromatic nitrogens is 1. The van der Waals surface area contributed by atoms with E-state index in [0.29, 0.717) is 16.8 Å². The van der Waals surface area contributed by atoms with E-state index in [1.165, 1.54) is 18.2 Å². The normalized spacial score (nSPS) is 11.7. The van der Waals surface area contributed by atoms with E-state index < -0.39 is 23.1 Å². The average molecular weight is 522 g/mol. The lowest BCUT2D eigenvalue weighted by Crippen LogP contribution is -2.27. The highest BCUT2D eigenvalue weighted by Crippen LogP contribution is 2.33. The fourth-order valence-corrected chi connectivity index (χ4v) is 3.61. The van der Waals surface area contributed by atoms with Crippen LogP contribution >= 0.6 is 0 Å². The molecule has 1 heterocycles. The highest BCUT2D eigenvalue weighted by atomic mass is 19.4. The van der Waals surface area contributed by atoms with Gasteiger partial charge in [-0.3, -0.25) is 9.59 Å². The largest absolute Gasteiger partial charge is 0.435 e. The number of benzene rings is 3. The Morgan fingerprint density at radius 1 is 0.842 bits per heavy atom. The zero-order valence-corrected chi connectivity index (χ0v) is 21.0. The smallest absolute Gasteiger partial charge is 0.416 e. The number of hydrogen-bond acceptors (Lipinski definition) is 4. The summed E-state index contributed by atoms with van der Waals surface area (Å²) >= 11 is 0. The van der Waals surface area contributed by atoms with Crippen LogP contribution < -0.4 is 10.6 Å². The second kappa shape index (κ2) is 10.5. The first-order chi connectivity index (χ1) is 17.9. The first-order valence-corrected chi connectivity index (χ1v) is 11.8. The van der Waals surface area contributed by atoms with E-state index in [2.05, 4.69) is 15.6 Å². The number of carbonyl (C=O) groups is 2. The molecule has 6 nitrogen and oxygen atoms in total. The van der Waals surface area contributed by atoms with E-state index in [9.17, 15) is 22.8 Å². The zero-order chi connectivity index (χ0) is 27.5. The third-order valence-corrected chi connectivity index (χ3v) is 5.71. The molecule has 1 aromatic heterocycles. The minimum absolute atomic E-state index is 0.0689. The molecule has 0 radical (unpaired) electrons. The summed E-state index contributed by atoms with van der Waals surface area (Å²) in [4.78, 5) is 29.8. The number of rotatable bonds is 6. The molecule has 2 amide bonds. The Morgan fingerprint density at radius 2 is 1.47 bits per heavy atom. The summed E-state index contributed by atoms with van der Waals surface area (Å²) in [6.07, 6.45) is -4.55. The lowest BCUT2D eigenvalue weighted by atomic mass is 9.95. The predicted molar refractivity (Wildman–Crippen MR) is 138 cm³/mol. The summed E-state index contributed by atoms with van der Waals surface area (Å²) < 4.78 is 46.1. The van der Waals surface area contributed by atoms with Gasteiger partial charge in [-0.15, -0.1) is 0 Å². The van der Waals surface area contributed by atoms with Gasteiger partial charge in [0.2, 0.25) is 11.8 Å². The number of nitrogens with one attached hydrogen (secondary N) is 2.